The lowest BCUT2D eigenvalue weighted by molar-refractivity contribution is -0.115. The fourth-order valence-electron chi connectivity index (χ4n) is 3.15. The van der Waals surface area contributed by atoms with E-state index in [-0.39, 0.29) is 24.1 Å². The van der Waals surface area contributed by atoms with Gasteiger partial charge in [-0.3, -0.25) is 9.59 Å². The smallest absolute Gasteiger partial charge is 0.251 e. The number of aromatic amines is 1. The van der Waals surface area contributed by atoms with Gasteiger partial charge in [0.1, 0.15) is 5.82 Å². The van der Waals surface area contributed by atoms with Gasteiger partial charge >= 0.3 is 0 Å². The standard InChI is InChI=1S/C22H25FN4O2/c1-14-18(19-12-16(23)6-9-20(19)25-14)13-21(28)26-17-7-4-15(5-8-17)22(29)24-10-11-27(2)3/h4-9,12,25H,10-11,13H2,1-3H3,(H,24,29)(H,26,28). The van der Waals surface area contributed by atoms with Crippen molar-refractivity contribution in [1.29, 1.82) is 0 Å². The van der Waals surface area contributed by atoms with Crippen LogP contribution in [-0.4, -0.2) is 48.9 Å². The molecule has 29 heavy (non-hydrogen) atoms. The SMILES string of the molecule is Cc1[nH]c2ccc(F)cc2c1CC(=O)Nc1ccc(C(=O)NCCN(C)C)cc1. The van der Waals surface area contributed by atoms with Gasteiger partial charge in [0.2, 0.25) is 5.91 Å². The minimum atomic E-state index is -0.336. The number of benzene rings is 2. The van der Waals surface area contributed by atoms with Crippen molar-refractivity contribution in [3.05, 3.63) is 65.1 Å². The van der Waals surface area contributed by atoms with Crippen molar-refractivity contribution in [3.63, 3.8) is 0 Å². The third-order valence-corrected chi connectivity index (χ3v) is 4.69. The van der Waals surface area contributed by atoms with Crippen LogP contribution in [0.25, 0.3) is 10.9 Å². The third kappa shape index (κ3) is 5.20. The molecule has 2 aromatic carbocycles. The third-order valence-electron chi connectivity index (χ3n) is 4.69. The Hall–Kier alpha value is -3.19. The Morgan fingerprint density at radius 1 is 1.10 bits per heavy atom. The molecule has 0 saturated heterocycles. The van der Waals surface area contributed by atoms with E-state index in [2.05, 4.69) is 15.6 Å². The fraction of sp³-hybridized carbons (Fsp3) is 0.273. The highest BCUT2D eigenvalue weighted by Crippen LogP contribution is 2.24. The second kappa shape index (κ2) is 8.87. The number of nitrogens with zero attached hydrogens (tertiary/aromatic N) is 1. The van der Waals surface area contributed by atoms with Gasteiger partial charge in [0.15, 0.2) is 0 Å². The molecule has 0 unspecified atom stereocenters. The number of hydrogen-bond acceptors (Lipinski definition) is 3. The summed E-state index contributed by atoms with van der Waals surface area (Å²) in [5, 5.41) is 6.38. The van der Waals surface area contributed by atoms with Crippen molar-refractivity contribution in [2.24, 2.45) is 0 Å². The number of hydrogen-bond donors (Lipinski definition) is 3. The van der Waals surface area contributed by atoms with Crippen LogP contribution in [0.5, 0.6) is 0 Å². The maximum absolute atomic E-state index is 13.6. The lowest BCUT2D eigenvalue weighted by Gasteiger charge is -2.11. The Labute approximate surface area is 169 Å². The first-order valence-electron chi connectivity index (χ1n) is 9.43. The van der Waals surface area contributed by atoms with Gasteiger partial charge in [-0.25, -0.2) is 4.39 Å². The van der Waals surface area contributed by atoms with Crippen LogP contribution in [0, 0.1) is 12.7 Å². The van der Waals surface area contributed by atoms with Gasteiger partial charge in [-0.1, -0.05) is 0 Å². The number of carbonyl (C=O) groups is 2. The van der Waals surface area contributed by atoms with E-state index in [4.69, 9.17) is 0 Å². The Morgan fingerprint density at radius 3 is 2.52 bits per heavy atom. The normalized spacial score (nSPS) is 11.1. The Morgan fingerprint density at radius 2 is 1.83 bits per heavy atom. The second-order valence-corrected chi connectivity index (χ2v) is 7.28. The van der Waals surface area contributed by atoms with E-state index in [0.717, 1.165) is 23.3 Å². The van der Waals surface area contributed by atoms with Gasteiger partial charge in [0.05, 0.1) is 6.42 Å². The molecule has 152 valence electrons. The minimum Gasteiger partial charge on any atom is -0.358 e. The van der Waals surface area contributed by atoms with Crippen LogP contribution >= 0.6 is 0 Å². The number of rotatable bonds is 7. The first-order chi connectivity index (χ1) is 13.8. The number of H-pyrrole nitrogens is 1. The molecular formula is C22H25FN4O2. The average Bonchev–Trinajstić information content (AvgIpc) is 2.97. The van der Waals surface area contributed by atoms with Crippen molar-refractivity contribution >= 4 is 28.4 Å². The zero-order valence-corrected chi connectivity index (χ0v) is 16.8. The Bertz CT molecular complexity index is 1030. The number of carbonyl (C=O) groups excluding carboxylic acids is 2. The topological polar surface area (TPSA) is 77.2 Å². The summed E-state index contributed by atoms with van der Waals surface area (Å²) in [4.78, 5) is 29.8. The van der Waals surface area contributed by atoms with Gasteiger partial charge in [0.25, 0.3) is 5.91 Å². The number of likely N-dealkylation sites (N-methyl/N-ethyl adjacent to an activating group) is 1. The summed E-state index contributed by atoms with van der Waals surface area (Å²) in [6.45, 7) is 3.19. The van der Waals surface area contributed by atoms with Crippen molar-refractivity contribution in [3.8, 4) is 0 Å². The van der Waals surface area contributed by atoms with Crippen LogP contribution in [0.15, 0.2) is 42.5 Å². The molecule has 1 aromatic heterocycles. The maximum Gasteiger partial charge on any atom is 0.251 e. The summed E-state index contributed by atoms with van der Waals surface area (Å²) in [6, 6.07) is 11.2. The van der Waals surface area contributed by atoms with E-state index in [1.54, 1.807) is 30.3 Å². The van der Waals surface area contributed by atoms with Crippen LogP contribution in [0.3, 0.4) is 0 Å². The fourth-order valence-corrected chi connectivity index (χ4v) is 3.15. The summed E-state index contributed by atoms with van der Waals surface area (Å²) < 4.78 is 13.6. The van der Waals surface area contributed by atoms with E-state index in [1.165, 1.54) is 12.1 Å². The quantitative estimate of drug-likeness (QED) is 0.574. The number of amides is 2. The number of fused-ring (bicyclic) bond motifs is 1. The summed E-state index contributed by atoms with van der Waals surface area (Å²) in [5.74, 6) is -0.694. The van der Waals surface area contributed by atoms with Crippen LogP contribution in [0.1, 0.15) is 21.6 Å². The average molecular weight is 396 g/mol. The molecule has 0 bridgehead atoms. The summed E-state index contributed by atoms with van der Waals surface area (Å²) >= 11 is 0. The van der Waals surface area contributed by atoms with Crippen LogP contribution in [0.2, 0.25) is 0 Å². The van der Waals surface area contributed by atoms with E-state index in [1.807, 2.05) is 25.9 Å². The molecule has 0 fully saturated rings. The molecule has 6 nitrogen and oxygen atoms in total. The van der Waals surface area contributed by atoms with Crippen molar-refractivity contribution < 1.29 is 14.0 Å². The molecule has 0 spiro atoms. The van der Waals surface area contributed by atoms with Crippen molar-refractivity contribution in [2.45, 2.75) is 13.3 Å². The monoisotopic (exact) mass is 396 g/mol. The molecule has 0 atom stereocenters. The molecule has 1 heterocycles. The number of anilines is 1. The largest absolute Gasteiger partial charge is 0.358 e. The number of nitrogens with one attached hydrogen (secondary N) is 3. The van der Waals surface area contributed by atoms with E-state index in [9.17, 15) is 14.0 Å². The molecule has 3 N–H and O–H groups in total. The Kier molecular flexibility index (Phi) is 6.29. The van der Waals surface area contributed by atoms with Gasteiger partial charge in [0, 0.05) is 40.9 Å². The van der Waals surface area contributed by atoms with E-state index >= 15 is 0 Å². The van der Waals surface area contributed by atoms with Crippen LogP contribution < -0.4 is 10.6 Å². The van der Waals surface area contributed by atoms with Gasteiger partial charge in [-0.05, 0) is 69.0 Å². The van der Waals surface area contributed by atoms with Gasteiger partial charge in [-0.2, -0.15) is 0 Å². The molecule has 2 amide bonds. The first-order valence-corrected chi connectivity index (χ1v) is 9.43. The molecule has 0 aliphatic heterocycles. The van der Waals surface area contributed by atoms with E-state index < -0.39 is 0 Å². The maximum atomic E-state index is 13.6. The molecular weight excluding hydrogens is 371 g/mol. The number of aryl methyl sites for hydroxylation is 1. The predicted molar refractivity (Wildman–Crippen MR) is 113 cm³/mol. The summed E-state index contributed by atoms with van der Waals surface area (Å²) in [6.07, 6.45) is 0.127. The van der Waals surface area contributed by atoms with Crippen LogP contribution in [-0.2, 0) is 11.2 Å². The van der Waals surface area contributed by atoms with Crippen LogP contribution in [0.4, 0.5) is 10.1 Å². The zero-order chi connectivity index (χ0) is 21.0. The van der Waals surface area contributed by atoms with E-state index in [0.29, 0.717) is 23.2 Å². The molecule has 0 saturated carbocycles. The molecule has 0 aliphatic carbocycles. The highest BCUT2D eigenvalue weighted by Gasteiger charge is 2.14. The summed E-state index contributed by atoms with van der Waals surface area (Å²) in [7, 11) is 3.88. The molecule has 3 aromatic rings. The van der Waals surface area contributed by atoms with Gasteiger partial charge < -0.3 is 20.5 Å². The Balaban J connectivity index is 1.62. The zero-order valence-electron chi connectivity index (χ0n) is 16.8. The second-order valence-electron chi connectivity index (χ2n) is 7.28. The number of aromatic nitrogens is 1. The first kappa shape index (κ1) is 20.5. The predicted octanol–water partition coefficient (Wildman–Crippen LogP) is 3.09. The molecule has 0 radical (unpaired) electrons. The van der Waals surface area contributed by atoms with Gasteiger partial charge in [-0.15, -0.1) is 0 Å². The van der Waals surface area contributed by atoms with Crippen molar-refractivity contribution in [1.82, 2.24) is 15.2 Å². The molecule has 7 heteroatoms. The molecule has 0 aliphatic rings. The minimum absolute atomic E-state index is 0.127. The highest BCUT2D eigenvalue weighted by molar-refractivity contribution is 5.98. The van der Waals surface area contributed by atoms with Crippen molar-refractivity contribution in [2.75, 3.05) is 32.5 Å². The lowest BCUT2D eigenvalue weighted by atomic mass is 10.1. The molecule has 3 rings (SSSR count). The lowest BCUT2D eigenvalue weighted by Crippen LogP contribution is -2.31. The number of halogens is 1. The highest BCUT2D eigenvalue weighted by atomic mass is 19.1. The summed E-state index contributed by atoms with van der Waals surface area (Å²) in [5.41, 5.74) is 3.55.